The van der Waals surface area contributed by atoms with Gasteiger partial charge in [-0.3, -0.25) is 4.98 Å². The predicted octanol–water partition coefficient (Wildman–Crippen LogP) is 4.21. The lowest BCUT2D eigenvalue weighted by Gasteiger charge is -2.33. The largest absolute Gasteiger partial charge is 0.379 e. The molecule has 0 fully saturated rings. The van der Waals surface area contributed by atoms with Crippen LogP contribution in [0.15, 0.2) is 35.6 Å². The SMILES string of the molecule is CC=C(SC(C)(C#N)CC(C)(C)OC)N(C)c1ccncc1. The quantitative estimate of drug-likeness (QED) is 0.753. The average molecular weight is 319 g/mol. The summed E-state index contributed by atoms with van der Waals surface area (Å²) in [5.41, 5.74) is 0.702. The zero-order valence-corrected chi connectivity index (χ0v) is 15.1. The Labute approximate surface area is 138 Å². The van der Waals surface area contributed by atoms with Gasteiger partial charge in [0.15, 0.2) is 0 Å². The minimum atomic E-state index is -0.567. The summed E-state index contributed by atoms with van der Waals surface area (Å²) in [5, 5.41) is 10.7. The van der Waals surface area contributed by atoms with E-state index in [1.165, 1.54) is 0 Å². The average Bonchev–Trinajstić information content (AvgIpc) is 2.52. The molecule has 0 spiro atoms. The highest BCUT2D eigenvalue weighted by atomic mass is 32.2. The third-order valence-electron chi connectivity index (χ3n) is 3.51. The van der Waals surface area contributed by atoms with Crippen LogP contribution in [0.5, 0.6) is 0 Å². The lowest BCUT2D eigenvalue weighted by Crippen LogP contribution is -2.34. The molecule has 120 valence electrons. The van der Waals surface area contributed by atoms with Gasteiger partial charge in [0.2, 0.25) is 0 Å². The van der Waals surface area contributed by atoms with E-state index < -0.39 is 4.75 Å². The van der Waals surface area contributed by atoms with Crippen molar-refractivity contribution in [1.82, 2.24) is 4.98 Å². The molecule has 1 atom stereocenters. The van der Waals surface area contributed by atoms with Crippen LogP contribution < -0.4 is 4.90 Å². The van der Waals surface area contributed by atoms with Gasteiger partial charge in [-0.05, 0) is 39.8 Å². The first-order valence-electron chi connectivity index (χ1n) is 7.22. The van der Waals surface area contributed by atoms with Crippen LogP contribution in [-0.2, 0) is 4.74 Å². The van der Waals surface area contributed by atoms with Crippen LogP contribution in [0.4, 0.5) is 5.69 Å². The summed E-state index contributed by atoms with van der Waals surface area (Å²) in [4.78, 5) is 6.11. The van der Waals surface area contributed by atoms with Crippen LogP contribution in [0.3, 0.4) is 0 Å². The van der Waals surface area contributed by atoms with Gasteiger partial charge in [0.25, 0.3) is 0 Å². The van der Waals surface area contributed by atoms with E-state index >= 15 is 0 Å². The summed E-state index contributed by atoms with van der Waals surface area (Å²) >= 11 is 1.56. The molecule has 0 N–H and O–H groups in total. The Morgan fingerprint density at radius 2 is 2.00 bits per heavy atom. The van der Waals surface area contributed by atoms with Crippen molar-refractivity contribution in [2.45, 2.75) is 44.5 Å². The van der Waals surface area contributed by atoms with E-state index in [4.69, 9.17) is 4.74 Å². The molecular formula is C17H25N3OS. The van der Waals surface area contributed by atoms with E-state index in [1.807, 2.05) is 53.0 Å². The second kappa shape index (κ2) is 7.66. The molecule has 0 saturated heterocycles. The smallest absolute Gasteiger partial charge is 0.108 e. The fraction of sp³-hybridized carbons (Fsp3) is 0.529. The maximum Gasteiger partial charge on any atom is 0.108 e. The Bertz CT molecular complexity index is 551. The van der Waals surface area contributed by atoms with Crippen LogP contribution in [0.25, 0.3) is 0 Å². The second-order valence-electron chi connectivity index (χ2n) is 5.98. The highest BCUT2D eigenvalue weighted by molar-refractivity contribution is 8.04. The summed E-state index contributed by atoms with van der Waals surface area (Å²) in [6, 6.07) is 6.35. The van der Waals surface area contributed by atoms with Gasteiger partial charge in [0.05, 0.1) is 16.7 Å². The highest BCUT2D eigenvalue weighted by Gasteiger charge is 2.35. The molecule has 0 bridgehead atoms. The van der Waals surface area contributed by atoms with E-state index in [9.17, 15) is 5.26 Å². The molecule has 0 aliphatic carbocycles. The molecule has 5 heteroatoms. The first-order chi connectivity index (χ1) is 10.3. The van der Waals surface area contributed by atoms with Gasteiger partial charge in [-0.1, -0.05) is 17.8 Å². The number of thioether (sulfide) groups is 1. The van der Waals surface area contributed by atoms with E-state index in [2.05, 4.69) is 16.0 Å². The Hall–Kier alpha value is -1.51. The van der Waals surface area contributed by atoms with Crippen molar-refractivity contribution in [3.63, 3.8) is 0 Å². The summed E-state index contributed by atoms with van der Waals surface area (Å²) in [6.07, 6.45) is 6.20. The second-order valence-corrected chi connectivity index (χ2v) is 7.50. The summed E-state index contributed by atoms with van der Waals surface area (Å²) < 4.78 is 4.92. The fourth-order valence-corrected chi connectivity index (χ4v) is 3.52. The zero-order valence-electron chi connectivity index (χ0n) is 14.3. The van der Waals surface area contributed by atoms with E-state index in [1.54, 1.807) is 31.3 Å². The molecule has 1 aromatic rings. The predicted molar refractivity (Wildman–Crippen MR) is 93.7 cm³/mol. The van der Waals surface area contributed by atoms with Crippen LogP contribution in [0.2, 0.25) is 0 Å². The van der Waals surface area contributed by atoms with Gasteiger partial charge in [-0.15, -0.1) is 0 Å². The van der Waals surface area contributed by atoms with Gasteiger partial charge in [0.1, 0.15) is 4.75 Å². The molecule has 0 radical (unpaired) electrons. The van der Waals surface area contributed by atoms with Crippen LogP contribution in [0.1, 0.15) is 34.1 Å². The Morgan fingerprint density at radius 1 is 1.41 bits per heavy atom. The van der Waals surface area contributed by atoms with Crippen molar-refractivity contribution in [2.75, 3.05) is 19.1 Å². The van der Waals surface area contributed by atoms with Gasteiger partial charge in [0, 0.05) is 38.7 Å². The Kier molecular flexibility index (Phi) is 6.46. The number of rotatable bonds is 7. The van der Waals surface area contributed by atoms with E-state index in [0.717, 1.165) is 10.7 Å². The van der Waals surface area contributed by atoms with Crippen molar-refractivity contribution in [1.29, 1.82) is 5.26 Å². The minimum Gasteiger partial charge on any atom is -0.379 e. The van der Waals surface area contributed by atoms with Crippen LogP contribution >= 0.6 is 11.8 Å². The van der Waals surface area contributed by atoms with E-state index in [0.29, 0.717) is 6.42 Å². The molecule has 4 nitrogen and oxygen atoms in total. The number of anilines is 1. The van der Waals surface area contributed by atoms with Gasteiger partial charge in [-0.2, -0.15) is 5.26 Å². The molecule has 1 aromatic heterocycles. The molecule has 22 heavy (non-hydrogen) atoms. The molecule has 1 rings (SSSR count). The Morgan fingerprint density at radius 3 is 2.45 bits per heavy atom. The monoisotopic (exact) mass is 319 g/mol. The van der Waals surface area contributed by atoms with Crippen molar-refractivity contribution in [3.8, 4) is 6.07 Å². The van der Waals surface area contributed by atoms with Crippen LogP contribution in [-0.4, -0.2) is 29.5 Å². The number of allylic oxidation sites excluding steroid dienone is 1. The first-order valence-corrected chi connectivity index (χ1v) is 8.04. The topological polar surface area (TPSA) is 49.1 Å². The maximum absolute atomic E-state index is 9.66. The van der Waals surface area contributed by atoms with Crippen molar-refractivity contribution < 1.29 is 4.74 Å². The molecule has 0 aliphatic rings. The first kappa shape index (κ1) is 18.5. The van der Waals surface area contributed by atoms with Gasteiger partial charge >= 0.3 is 0 Å². The summed E-state index contributed by atoms with van der Waals surface area (Å²) in [6.45, 7) is 7.96. The minimum absolute atomic E-state index is 0.342. The fourth-order valence-electron chi connectivity index (χ4n) is 2.23. The third kappa shape index (κ3) is 5.04. The standard InChI is InChI=1S/C17H25N3OS/c1-7-15(20(5)14-8-10-19-11-9-14)22-17(4,13-18)12-16(2,3)21-6/h7-11H,12H2,1-6H3. The number of nitriles is 1. The number of hydrogen-bond acceptors (Lipinski definition) is 5. The number of ether oxygens (including phenoxy) is 1. The molecule has 0 aromatic carbocycles. The zero-order chi connectivity index (χ0) is 16.8. The number of aromatic nitrogens is 1. The Balaban J connectivity index is 2.95. The molecule has 0 amide bonds. The highest BCUT2D eigenvalue weighted by Crippen LogP contribution is 2.40. The van der Waals surface area contributed by atoms with E-state index in [-0.39, 0.29) is 5.60 Å². The van der Waals surface area contributed by atoms with Crippen molar-refractivity contribution in [3.05, 3.63) is 35.6 Å². The van der Waals surface area contributed by atoms with Crippen molar-refractivity contribution >= 4 is 17.4 Å². The summed E-state index contributed by atoms with van der Waals surface area (Å²) in [5.74, 6) is 0. The van der Waals surface area contributed by atoms with Gasteiger partial charge < -0.3 is 9.64 Å². The maximum atomic E-state index is 9.66. The third-order valence-corrected chi connectivity index (χ3v) is 4.91. The van der Waals surface area contributed by atoms with Crippen LogP contribution in [0, 0.1) is 11.3 Å². The number of nitrogens with zero attached hydrogens (tertiary/aromatic N) is 3. The van der Waals surface area contributed by atoms with Crippen molar-refractivity contribution in [2.24, 2.45) is 0 Å². The lowest BCUT2D eigenvalue weighted by molar-refractivity contribution is 0.0120. The van der Waals surface area contributed by atoms with Gasteiger partial charge in [-0.25, -0.2) is 0 Å². The molecule has 0 aliphatic heterocycles. The molecule has 0 saturated carbocycles. The lowest BCUT2D eigenvalue weighted by atomic mass is 9.95. The summed E-state index contributed by atoms with van der Waals surface area (Å²) in [7, 11) is 3.68. The number of methoxy groups -OCH3 is 1. The number of hydrogen-bond donors (Lipinski definition) is 0. The molecule has 1 unspecified atom stereocenters. The number of pyridine rings is 1. The normalized spacial score (nSPS) is 15.0. The molecular weight excluding hydrogens is 294 g/mol. The molecule has 1 heterocycles.